The van der Waals surface area contributed by atoms with Crippen LogP contribution < -0.4 is 4.74 Å². The van der Waals surface area contributed by atoms with Crippen molar-refractivity contribution in [3.63, 3.8) is 0 Å². The zero-order chi connectivity index (χ0) is 22.0. The number of ether oxygens (including phenoxy) is 1. The number of piperidine rings is 1. The molecule has 2 aromatic carbocycles. The van der Waals surface area contributed by atoms with Crippen molar-refractivity contribution in [3.8, 4) is 5.75 Å². The number of aromatic nitrogens is 2. The topological polar surface area (TPSA) is 47.4 Å². The lowest BCUT2D eigenvalue weighted by atomic mass is 9.96. The van der Waals surface area contributed by atoms with Gasteiger partial charge in [0.25, 0.3) is 0 Å². The van der Waals surface area contributed by atoms with Gasteiger partial charge in [-0.1, -0.05) is 24.3 Å². The third kappa shape index (κ3) is 4.68. The van der Waals surface area contributed by atoms with Crippen LogP contribution in [0, 0.1) is 5.92 Å². The number of fused-ring (bicyclic) bond motifs is 1. The Kier molecular flexibility index (Phi) is 5.89. The minimum Gasteiger partial charge on any atom is -0.497 e. The lowest BCUT2D eigenvalue weighted by molar-refractivity contribution is -0.147. The van der Waals surface area contributed by atoms with Crippen LogP contribution in [0.4, 0.5) is 13.2 Å². The molecule has 8 heteroatoms. The van der Waals surface area contributed by atoms with Crippen LogP contribution in [0.25, 0.3) is 11.0 Å². The zero-order valence-corrected chi connectivity index (χ0v) is 17.2. The van der Waals surface area contributed by atoms with Crippen LogP contribution in [-0.2, 0) is 23.9 Å². The minimum absolute atomic E-state index is 0.0349. The average Bonchev–Trinajstić information content (AvgIpc) is 3.14. The summed E-state index contributed by atoms with van der Waals surface area (Å²) in [6.07, 6.45) is -2.87. The molecule has 1 amide bonds. The molecule has 0 N–H and O–H groups in total. The monoisotopic (exact) mass is 431 g/mol. The third-order valence-corrected chi connectivity index (χ3v) is 5.83. The molecule has 1 aromatic heterocycles. The van der Waals surface area contributed by atoms with Gasteiger partial charge in [0.2, 0.25) is 11.7 Å². The number of likely N-dealkylation sites (tertiary alicyclic amines) is 1. The number of hydrogen-bond acceptors (Lipinski definition) is 3. The first-order valence-corrected chi connectivity index (χ1v) is 10.3. The molecule has 3 aromatic rings. The van der Waals surface area contributed by atoms with E-state index >= 15 is 0 Å². The molecule has 0 unspecified atom stereocenters. The van der Waals surface area contributed by atoms with E-state index in [0.717, 1.165) is 11.3 Å². The summed E-state index contributed by atoms with van der Waals surface area (Å²) < 4.78 is 47.0. The number of imidazole rings is 1. The second-order valence-electron chi connectivity index (χ2n) is 7.88. The maximum atomic E-state index is 13.5. The number of halogens is 3. The summed E-state index contributed by atoms with van der Waals surface area (Å²) in [5.41, 5.74) is 1.75. The van der Waals surface area contributed by atoms with Gasteiger partial charge in [0.1, 0.15) is 5.75 Å². The highest BCUT2D eigenvalue weighted by Gasteiger charge is 2.38. The van der Waals surface area contributed by atoms with Gasteiger partial charge in [0, 0.05) is 19.6 Å². The first kappa shape index (κ1) is 21.2. The standard InChI is InChI=1S/C23H24F3N3O2/c1-31-18-8-6-16(7-9-18)14-21(30)28-12-10-17(11-13-28)15-29-20-5-3-2-4-19(20)27-22(29)23(24,25)26/h2-9,17H,10-15H2,1H3. The zero-order valence-electron chi connectivity index (χ0n) is 17.2. The molecular weight excluding hydrogens is 407 g/mol. The summed E-state index contributed by atoms with van der Waals surface area (Å²) in [7, 11) is 1.59. The number of amides is 1. The van der Waals surface area contributed by atoms with Crippen LogP contribution >= 0.6 is 0 Å². The lowest BCUT2D eigenvalue weighted by Gasteiger charge is -2.32. The Labute approximate surface area is 178 Å². The van der Waals surface area contributed by atoms with Crippen molar-refractivity contribution in [1.82, 2.24) is 14.5 Å². The van der Waals surface area contributed by atoms with E-state index in [9.17, 15) is 18.0 Å². The molecule has 5 nitrogen and oxygen atoms in total. The van der Waals surface area contributed by atoms with Gasteiger partial charge in [-0.2, -0.15) is 13.2 Å². The molecule has 2 heterocycles. The van der Waals surface area contributed by atoms with E-state index < -0.39 is 12.0 Å². The summed E-state index contributed by atoms with van der Waals surface area (Å²) in [6.45, 7) is 1.34. The van der Waals surface area contributed by atoms with E-state index in [2.05, 4.69) is 4.98 Å². The van der Waals surface area contributed by atoms with E-state index in [0.29, 0.717) is 43.4 Å². The summed E-state index contributed by atoms with van der Waals surface area (Å²) in [6, 6.07) is 14.1. The van der Waals surface area contributed by atoms with Gasteiger partial charge in [0.15, 0.2) is 0 Å². The Balaban J connectivity index is 1.40. The number of rotatable bonds is 5. The Morgan fingerprint density at radius 2 is 1.77 bits per heavy atom. The Hall–Kier alpha value is -3.03. The quantitative estimate of drug-likeness (QED) is 0.596. The predicted octanol–water partition coefficient (Wildman–Crippen LogP) is 4.55. The molecule has 0 saturated carbocycles. The van der Waals surface area contributed by atoms with Gasteiger partial charge in [0.05, 0.1) is 24.6 Å². The smallest absolute Gasteiger partial charge is 0.449 e. The third-order valence-electron chi connectivity index (χ3n) is 5.83. The van der Waals surface area contributed by atoms with Crippen molar-refractivity contribution >= 4 is 16.9 Å². The number of methoxy groups -OCH3 is 1. The normalized spacial score (nSPS) is 15.4. The molecule has 31 heavy (non-hydrogen) atoms. The summed E-state index contributed by atoms with van der Waals surface area (Å²) in [5, 5.41) is 0. The maximum Gasteiger partial charge on any atom is 0.449 e. The van der Waals surface area contributed by atoms with Gasteiger partial charge in [-0.25, -0.2) is 4.98 Å². The first-order valence-electron chi connectivity index (χ1n) is 10.3. The van der Waals surface area contributed by atoms with Crippen LogP contribution in [0.5, 0.6) is 5.75 Å². The van der Waals surface area contributed by atoms with Crippen LogP contribution in [0.2, 0.25) is 0 Å². The molecule has 1 fully saturated rings. The molecular formula is C23H24F3N3O2. The van der Waals surface area contributed by atoms with Crippen molar-refractivity contribution < 1.29 is 22.7 Å². The number of carbonyl (C=O) groups excluding carboxylic acids is 1. The maximum absolute atomic E-state index is 13.5. The predicted molar refractivity (Wildman–Crippen MR) is 111 cm³/mol. The second kappa shape index (κ2) is 8.61. The van der Waals surface area contributed by atoms with Crippen molar-refractivity contribution in [2.24, 2.45) is 5.92 Å². The molecule has 1 aliphatic rings. The van der Waals surface area contributed by atoms with Crippen LogP contribution in [0.1, 0.15) is 24.2 Å². The van der Waals surface area contributed by atoms with Gasteiger partial charge >= 0.3 is 6.18 Å². The fraction of sp³-hybridized carbons (Fsp3) is 0.391. The largest absolute Gasteiger partial charge is 0.497 e. The van der Waals surface area contributed by atoms with Crippen LogP contribution in [-0.4, -0.2) is 40.6 Å². The number of nitrogens with zero attached hydrogens (tertiary/aromatic N) is 3. The Morgan fingerprint density at radius 3 is 2.42 bits per heavy atom. The van der Waals surface area contributed by atoms with Crippen molar-refractivity contribution in [2.75, 3.05) is 20.2 Å². The Bertz CT molecular complexity index is 1050. The number of benzene rings is 2. The summed E-state index contributed by atoms with van der Waals surface area (Å²) in [4.78, 5) is 18.3. The van der Waals surface area contributed by atoms with Crippen molar-refractivity contribution in [2.45, 2.75) is 32.0 Å². The number of para-hydroxylation sites is 2. The molecule has 164 valence electrons. The number of alkyl halides is 3. The van der Waals surface area contributed by atoms with E-state index in [1.807, 2.05) is 24.3 Å². The van der Waals surface area contributed by atoms with Gasteiger partial charge in [-0.05, 0) is 48.6 Å². The van der Waals surface area contributed by atoms with Gasteiger partial charge in [-0.3, -0.25) is 4.79 Å². The molecule has 0 radical (unpaired) electrons. The highest BCUT2D eigenvalue weighted by atomic mass is 19.4. The average molecular weight is 431 g/mol. The van der Waals surface area contributed by atoms with Crippen molar-refractivity contribution in [1.29, 1.82) is 0 Å². The van der Waals surface area contributed by atoms with E-state index in [1.165, 1.54) is 4.57 Å². The van der Waals surface area contributed by atoms with E-state index in [4.69, 9.17) is 4.74 Å². The van der Waals surface area contributed by atoms with Gasteiger partial charge in [-0.15, -0.1) is 0 Å². The van der Waals surface area contributed by atoms with Gasteiger partial charge < -0.3 is 14.2 Å². The minimum atomic E-state index is -4.51. The van der Waals surface area contributed by atoms with Crippen LogP contribution in [0.15, 0.2) is 48.5 Å². The first-order chi connectivity index (χ1) is 14.8. The second-order valence-corrected chi connectivity index (χ2v) is 7.88. The molecule has 0 aliphatic carbocycles. The lowest BCUT2D eigenvalue weighted by Crippen LogP contribution is -2.40. The van der Waals surface area contributed by atoms with E-state index in [1.54, 1.807) is 36.3 Å². The fourth-order valence-corrected chi connectivity index (χ4v) is 4.13. The summed E-state index contributed by atoms with van der Waals surface area (Å²) in [5.74, 6) is -0.0228. The Morgan fingerprint density at radius 1 is 1.10 bits per heavy atom. The fourth-order valence-electron chi connectivity index (χ4n) is 4.13. The molecule has 1 aliphatic heterocycles. The highest BCUT2D eigenvalue weighted by Crippen LogP contribution is 2.33. The number of hydrogen-bond donors (Lipinski definition) is 0. The number of carbonyl (C=O) groups is 1. The molecule has 1 saturated heterocycles. The SMILES string of the molecule is COc1ccc(CC(=O)N2CCC(Cn3c(C(F)(F)F)nc4ccccc43)CC2)cc1. The molecule has 0 spiro atoms. The highest BCUT2D eigenvalue weighted by molar-refractivity contribution is 5.79. The molecule has 0 atom stereocenters. The van der Waals surface area contributed by atoms with E-state index in [-0.39, 0.29) is 18.4 Å². The molecule has 4 rings (SSSR count). The van der Waals surface area contributed by atoms with Crippen molar-refractivity contribution in [3.05, 3.63) is 59.9 Å². The summed E-state index contributed by atoms with van der Waals surface area (Å²) >= 11 is 0. The molecule has 0 bridgehead atoms. The van der Waals surface area contributed by atoms with Crippen LogP contribution in [0.3, 0.4) is 0 Å².